The van der Waals surface area contributed by atoms with E-state index in [9.17, 15) is 22.2 Å². The highest BCUT2D eigenvalue weighted by Crippen LogP contribution is 2.13. The van der Waals surface area contributed by atoms with E-state index in [4.69, 9.17) is 5.11 Å². The molecule has 1 aromatic heterocycles. The van der Waals surface area contributed by atoms with Crippen LogP contribution in [0.1, 0.15) is 20.8 Å². The third kappa shape index (κ3) is 4.96. The predicted octanol–water partition coefficient (Wildman–Crippen LogP) is -0.490. The summed E-state index contributed by atoms with van der Waals surface area (Å²) >= 11 is 0. The summed E-state index contributed by atoms with van der Waals surface area (Å²) in [6.07, 6.45) is 3.64. The van der Waals surface area contributed by atoms with Gasteiger partial charge in [0.25, 0.3) is 5.91 Å². The smallest absolute Gasteiger partial charge is 0.354 e. The highest BCUT2D eigenvalue weighted by molar-refractivity contribution is 8.01. The molecule has 1 aromatic rings. The van der Waals surface area contributed by atoms with Crippen LogP contribution in [0, 0.1) is 0 Å². The number of carboxylic acids is 1. The average Bonchev–Trinajstić information content (AvgIpc) is 2.52. The van der Waals surface area contributed by atoms with Gasteiger partial charge in [0.1, 0.15) is 5.69 Å². The molecule has 2 heterocycles. The molecular formula is C13H18N4O6S2. The van der Waals surface area contributed by atoms with Gasteiger partial charge in [0.15, 0.2) is 0 Å². The van der Waals surface area contributed by atoms with Crippen molar-refractivity contribution in [3.8, 4) is 0 Å². The van der Waals surface area contributed by atoms with Crippen LogP contribution in [0.4, 0.5) is 0 Å². The largest absolute Gasteiger partial charge is 0.477 e. The van der Waals surface area contributed by atoms with E-state index in [1.54, 1.807) is 0 Å². The Hall–Kier alpha value is -2.05. The van der Waals surface area contributed by atoms with Crippen LogP contribution in [0.5, 0.6) is 0 Å². The van der Waals surface area contributed by atoms with Crippen molar-refractivity contribution in [1.29, 1.82) is 0 Å². The number of aromatic carboxylic acids is 1. The van der Waals surface area contributed by atoms with E-state index in [0.29, 0.717) is 0 Å². The topological polar surface area (TPSA) is 137 Å². The Bertz CT molecular complexity index is 887. The SMILES string of the molecule is CS(C)(=O)=NS(=O)(=O)N1CCN(C(=O)c2ccc(C(=O)O)nc2)CC1. The Morgan fingerprint density at radius 1 is 1.12 bits per heavy atom. The summed E-state index contributed by atoms with van der Waals surface area (Å²) in [7, 11) is -6.81. The molecule has 1 aliphatic heterocycles. The molecule has 1 amide bonds. The fourth-order valence-corrected chi connectivity index (χ4v) is 5.04. The Morgan fingerprint density at radius 3 is 2.16 bits per heavy atom. The van der Waals surface area contributed by atoms with Gasteiger partial charge in [-0.15, -0.1) is 0 Å². The normalized spacial score (nSPS) is 16.5. The second-order valence-corrected chi connectivity index (χ2v) is 10.0. The molecule has 1 fully saturated rings. The molecule has 0 aliphatic carbocycles. The molecule has 0 radical (unpaired) electrons. The maximum Gasteiger partial charge on any atom is 0.354 e. The van der Waals surface area contributed by atoms with E-state index in [1.807, 2.05) is 0 Å². The lowest BCUT2D eigenvalue weighted by Gasteiger charge is -2.32. The Labute approximate surface area is 145 Å². The molecule has 10 nitrogen and oxygen atoms in total. The minimum Gasteiger partial charge on any atom is -0.477 e. The van der Waals surface area contributed by atoms with E-state index in [0.717, 1.165) is 4.31 Å². The number of hydrogen-bond donors (Lipinski definition) is 1. The molecule has 25 heavy (non-hydrogen) atoms. The van der Waals surface area contributed by atoms with E-state index < -0.39 is 25.9 Å². The Morgan fingerprint density at radius 2 is 1.72 bits per heavy atom. The number of pyridine rings is 1. The highest BCUT2D eigenvalue weighted by Gasteiger charge is 2.29. The molecule has 1 saturated heterocycles. The summed E-state index contributed by atoms with van der Waals surface area (Å²) in [5.74, 6) is -1.56. The lowest BCUT2D eigenvalue weighted by atomic mass is 10.2. The lowest BCUT2D eigenvalue weighted by Crippen LogP contribution is -2.50. The fraction of sp³-hybridized carbons (Fsp3) is 0.462. The van der Waals surface area contributed by atoms with Crippen LogP contribution < -0.4 is 0 Å². The maximum atomic E-state index is 12.4. The number of carbonyl (C=O) groups excluding carboxylic acids is 1. The van der Waals surface area contributed by atoms with Gasteiger partial charge in [-0.1, -0.05) is 3.77 Å². The summed E-state index contributed by atoms with van der Waals surface area (Å²) in [6, 6.07) is 2.59. The third-order valence-corrected chi connectivity index (χ3v) is 6.56. The summed E-state index contributed by atoms with van der Waals surface area (Å²) in [5, 5.41) is 8.80. The molecule has 12 heteroatoms. The molecule has 0 saturated carbocycles. The number of carboxylic acid groups (broad SMARTS) is 1. The molecule has 138 valence electrons. The quantitative estimate of drug-likeness (QED) is 0.732. The van der Waals surface area contributed by atoms with Gasteiger partial charge < -0.3 is 10.0 Å². The summed E-state index contributed by atoms with van der Waals surface area (Å²) in [4.78, 5) is 28.3. The summed E-state index contributed by atoms with van der Waals surface area (Å²) in [5.41, 5.74) is 0.0490. The lowest BCUT2D eigenvalue weighted by molar-refractivity contribution is 0.0679. The highest BCUT2D eigenvalue weighted by atomic mass is 32.3. The third-order valence-electron chi connectivity index (χ3n) is 3.36. The van der Waals surface area contributed by atoms with E-state index in [1.165, 1.54) is 35.7 Å². The van der Waals surface area contributed by atoms with E-state index in [-0.39, 0.29) is 43.3 Å². The zero-order valence-corrected chi connectivity index (χ0v) is 15.3. The van der Waals surface area contributed by atoms with E-state index >= 15 is 0 Å². The minimum atomic E-state index is -4.00. The van der Waals surface area contributed by atoms with Gasteiger partial charge in [0.05, 0.1) is 15.3 Å². The zero-order chi connectivity index (χ0) is 18.8. The van der Waals surface area contributed by atoms with Crippen molar-refractivity contribution < 1.29 is 27.3 Å². The Kier molecular flexibility index (Phi) is 5.44. The van der Waals surface area contributed by atoms with Gasteiger partial charge in [-0.3, -0.25) is 4.79 Å². The van der Waals surface area contributed by atoms with Crippen LogP contribution in [0.25, 0.3) is 0 Å². The van der Waals surface area contributed by atoms with Gasteiger partial charge in [0.2, 0.25) is 0 Å². The molecule has 1 N–H and O–H groups in total. The second-order valence-electron chi connectivity index (χ2n) is 5.66. The average molecular weight is 390 g/mol. The van der Waals surface area contributed by atoms with Crippen LogP contribution in [-0.2, 0) is 19.9 Å². The molecule has 2 rings (SSSR count). The van der Waals surface area contributed by atoms with Crippen molar-refractivity contribution in [2.75, 3.05) is 38.7 Å². The first-order valence-corrected chi connectivity index (χ1v) is 10.9. The summed E-state index contributed by atoms with van der Waals surface area (Å²) < 4.78 is 40.2. The standard InChI is InChI=1S/C13H18N4O6S2/c1-24(2,21)15-25(22,23)17-7-5-16(6-8-17)12(18)10-3-4-11(13(19)20)14-9-10/h3-4,9H,5-8H2,1-2H3,(H,19,20). The number of aromatic nitrogens is 1. The van der Waals surface area contributed by atoms with Crippen LogP contribution in [0.3, 0.4) is 0 Å². The van der Waals surface area contributed by atoms with Crippen molar-refractivity contribution >= 4 is 31.8 Å². The van der Waals surface area contributed by atoms with Crippen molar-refractivity contribution in [2.24, 2.45) is 3.77 Å². The van der Waals surface area contributed by atoms with Crippen molar-refractivity contribution in [2.45, 2.75) is 0 Å². The molecule has 0 spiro atoms. The number of piperazine rings is 1. The van der Waals surface area contributed by atoms with Gasteiger partial charge in [-0.05, 0) is 12.1 Å². The van der Waals surface area contributed by atoms with Crippen molar-refractivity contribution in [1.82, 2.24) is 14.2 Å². The molecule has 0 bridgehead atoms. The van der Waals surface area contributed by atoms with Gasteiger partial charge in [0, 0.05) is 44.9 Å². The fourth-order valence-electron chi connectivity index (χ4n) is 2.23. The number of hydrogen-bond acceptors (Lipinski definition) is 6. The first-order valence-electron chi connectivity index (χ1n) is 7.17. The summed E-state index contributed by atoms with van der Waals surface area (Å²) in [6.45, 7) is 0.354. The first-order chi connectivity index (χ1) is 11.5. The van der Waals surface area contributed by atoms with Crippen molar-refractivity contribution in [3.63, 3.8) is 0 Å². The van der Waals surface area contributed by atoms with E-state index in [2.05, 4.69) is 8.75 Å². The maximum absolute atomic E-state index is 12.4. The van der Waals surface area contributed by atoms with Crippen LogP contribution in [-0.4, -0.2) is 82.5 Å². The van der Waals surface area contributed by atoms with Crippen LogP contribution in [0.15, 0.2) is 22.1 Å². The molecule has 1 aliphatic rings. The molecular weight excluding hydrogens is 372 g/mol. The molecule has 0 unspecified atom stereocenters. The number of rotatable bonds is 4. The van der Waals surface area contributed by atoms with Gasteiger partial charge in [-0.25, -0.2) is 14.0 Å². The van der Waals surface area contributed by atoms with Crippen LogP contribution >= 0.6 is 0 Å². The predicted molar refractivity (Wildman–Crippen MR) is 90.0 cm³/mol. The zero-order valence-electron chi connectivity index (χ0n) is 13.7. The Balaban J connectivity index is 2.06. The molecule has 0 aromatic carbocycles. The van der Waals surface area contributed by atoms with Gasteiger partial charge in [-0.2, -0.15) is 12.7 Å². The number of carbonyl (C=O) groups is 2. The first kappa shape index (κ1) is 19.3. The minimum absolute atomic E-state index is 0.0354. The number of amides is 1. The number of nitrogens with zero attached hydrogens (tertiary/aromatic N) is 4. The monoisotopic (exact) mass is 390 g/mol. The molecule has 0 atom stereocenters. The van der Waals surface area contributed by atoms with Crippen LogP contribution in [0.2, 0.25) is 0 Å². The van der Waals surface area contributed by atoms with Gasteiger partial charge >= 0.3 is 16.2 Å². The second kappa shape index (κ2) is 7.06. The van der Waals surface area contributed by atoms with Crippen molar-refractivity contribution in [3.05, 3.63) is 29.6 Å².